The lowest BCUT2D eigenvalue weighted by Crippen LogP contribution is -2.19. The lowest BCUT2D eigenvalue weighted by Gasteiger charge is -2.08. The highest BCUT2D eigenvalue weighted by Crippen LogP contribution is 2.25. The van der Waals surface area contributed by atoms with Crippen LogP contribution in [0, 0.1) is 6.92 Å². The van der Waals surface area contributed by atoms with E-state index in [2.05, 4.69) is 15.8 Å². The van der Waals surface area contributed by atoms with Gasteiger partial charge in [0.15, 0.2) is 10.9 Å². The molecule has 0 aliphatic carbocycles. The molecule has 4 nitrogen and oxygen atoms in total. The summed E-state index contributed by atoms with van der Waals surface area (Å²) in [5.74, 6) is 1.25. The molecule has 0 amide bonds. The third kappa shape index (κ3) is 3.35. The lowest BCUT2D eigenvalue weighted by molar-refractivity contribution is 0.400. The molecular formula is C11H9Cl2N3OS. The summed E-state index contributed by atoms with van der Waals surface area (Å²) in [4.78, 5) is 0. The number of anilines is 2. The Bertz CT molecular complexity index is 585. The van der Waals surface area contributed by atoms with Gasteiger partial charge in [-0.05, 0) is 37.3 Å². The molecule has 1 aromatic carbocycles. The molecule has 0 saturated heterocycles. The fourth-order valence-electron chi connectivity index (χ4n) is 1.28. The molecule has 0 spiro atoms. The average Bonchev–Trinajstić information content (AvgIpc) is 2.69. The highest BCUT2D eigenvalue weighted by Gasteiger charge is 2.04. The van der Waals surface area contributed by atoms with Gasteiger partial charge in [-0.2, -0.15) is 0 Å². The maximum absolute atomic E-state index is 5.90. The topological polar surface area (TPSA) is 50.1 Å². The molecule has 2 rings (SSSR count). The summed E-state index contributed by atoms with van der Waals surface area (Å²) in [6.45, 7) is 1.80. The van der Waals surface area contributed by atoms with Crippen LogP contribution in [-0.4, -0.2) is 10.3 Å². The van der Waals surface area contributed by atoms with E-state index in [-0.39, 0.29) is 0 Å². The van der Waals surface area contributed by atoms with E-state index in [1.165, 1.54) is 0 Å². The normalized spacial score (nSPS) is 10.2. The molecule has 1 aromatic heterocycles. The first-order valence-electron chi connectivity index (χ1n) is 5.01. The van der Waals surface area contributed by atoms with E-state index in [0.717, 1.165) is 5.69 Å². The van der Waals surface area contributed by atoms with Crippen LogP contribution in [0.5, 0.6) is 0 Å². The Labute approximate surface area is 119 Å². The molecule has 0 aliphatic heterocycles. The summed E-state index contributed by atoms with van der Waals surface area (Å²) in [6.07, 6.45) is 0. The first kappa shape index (κ1) is 13.1. The van der Waals surface area contributed by atoms with Gasteiger partial charge < -0.3 is 15.2 Å². The van der Waals surface area contributed by atoms with E-state index in [1.807, 2.05) is 0 Å². The Balaban J connectivity index is 2.00. The minimum absolute atomic E-state index is 0.390. The summed E-state index contributed by atoms with van der Waals surface area (Å²) in [5.41, 5.74) is 0.738. The van der Waals surface area contributed by atoms with Gasteiger partial charge in [-0.1, -0.05) is 28.4 Å². The second-order valence-electron chi connectivity index (χ2n) is 3.53. The monoisotopic (exact) mass is 301 g/mol. The lowest BCUT2D eigenvalue weighted by atomic mass is 10.3. The molecule has 0 unspecified atom stereocenters. The highest BCUT2D eigenvalue weighted by molar-refractivity contribution is 7.80. The van der Waals surface area contributed by atoms with Gasteiger partial charge in [0, 0.05) is 11.8 Å². The second-order valence-corrected chi connectivity index (χ2v) is 4.75. The molecule has 0 fully saturated rings. The van der Waals surface area contributed by atoms with Gasteiger partial charge in [0.05, 0.1) is 10.0 Å². The SMILES string of the molecule is Cc1cc(NC(=S)Nc2ccc(Cl)c(Cl)c2)no1. The minimum atomic E-state index is 0.390. The molecule has 0 saturated carbocycles. The number of halogens is 2. The highest BCUT2D eigenvalue weighted by atomic mass is 35.5. The van der Waals surface area contributed by atoms with Crippen LogP contribution in [0.2, 0.25) is 10.0 Å². The van der Waals surface area contributed by atoms with Gasteiger partial charge in [0.25, 0.3) is 0 Å². The molecule has 94 valence electrons. The van der Waals surface area contributed by atoms with E-state index in [4.69, 9.17) is 39.9 Å². The molecule has 2 N–H and O–H groups in total. The van der Waals surface area contributed by atoms with Crippen molar-refractivity contribution in [3.8, 4) is 0 Å². The Morgan fingerprint density at radius 3 is 2.61 bits per heavy atom. The van der Waals surface area contributed by atoms with Crippen LogP contribution in [0.1, 0.15) is 5.76 Å². The first-order chi connectivity index (χ1) is 8.54. The van der Waals surface area contributed by atoms with Gasteiger partial charge in [-0.25, -0.2) is 0 Å². The summed E-state index contributed by atoms with van der Waals surface area (Å²) in [7, 11) is 0. The van der Waals surface area contributed by atoms with E-state index in [1.54, 1.807) is 31.2 Å². The van der Waals surface area contributed by atoms with Crippen molar-refractivity contribution in [2.24, 2.45) is 0 Å². The van der Waals surface area contributed by atoms with Crippen molar-refractivity contribution in [3.05, 3.63) is 40.1 Å². The van der Waals surface area contributed by atoms with Crippen LogP contribution >= 0.6 is 35.4 Å². The Morgan fingerprint density at radius 1 is 1.22 bits per heavy atom. The van der Waals surface area contributed by atoms with E-state index in [0.29, 0.717) is 26.7 Å². The number of thiocarbonyl (C=S) groups is 1. The van der Waals surface area contributed by atoms with Crippen LogP contribution in [0.4, 0.5) is 11.5 Å². The average molecular weight is 302 g/mol. The quantitative estimate of drug-likeness (QED) is 0.818. The van der Waals surface area contributed by atoms with Gasteiger partial charge in [0.2, 0.25) is 0 Å². The molecule has 2 aromatic rings. The molecule has 0 aliphatic rings. The zero-order chi connectivity index (χ0) is 13.1. The number of benzene rings is 1. The van der Waals surface area contributed by atoms with Crippen molar-refractivity contribution < 1.29 is 4.52 Å². The minimum Gasteiger partial charge on any atom is -0.360 e. The van der Waals surface area contributed by atoms with Gasteiger partial charge in [-0.3, -0.25) is 0 Å². The van der Waals surface area contributed by atoms with Crippen molar-refractivity contribution in [1.82, 2.24) is 5.16 Å². The van der Waals surface area contributed by atoms with Crippen LogP contribution < -0.4 is 10.6 Å². The van der Waals surface area contributed by atoms with Crippen LogP contribution in [-0.2, 0) is 0 Å². The Kier molecular flexibility index (Phi) is 4.06. The van der Waals surface area contributed by atoms with Crippen molar-refractivity contribution in [1.29, 1.82) is 0 Å². The smallest absolute Gasteiger partial charge is 0.176 e. The first-order valence-corrected chi connectivity index (χ1v) is 6.17. The van der Waals surface area contributed by atoms with E-state index < -0.39 is 0 Å². The van der Waals surface area contributed by atoms with Crippen molar-refractivity contribution in [2.45, 2.75) is 6.92 Å². The fraction of sp³-hybridized carbons (Fsp3) is 0.0909. The third-order valence-electron chi connectivity index (χ3n) is 2.05. The largest absolute Gasteiger partial charge is 0.360 e. The summed E-state index contributed by atoms with van der Waals surface area (Å²) in [6, 6.07) is 6.89. The van der Waals surface area contributed by atoms with Crippen LogP contribution in [0.3, 0.4) is 0 Å². The molecule has 1 heterocycles. The number of rotatable bonds is 2. The number of aromatic nitrogens is 1. The van der Waals surface area contributed by atoms with E-state index in [9.17, 15) is 0 Å². The number of hydrogen-bond donors (Lipinski definition) is 2. The summed E-state index contributed by atoms with van der Waals surface area (Å²) < 4.78 is 4.91. The maximum Gasteiger partial charge on any atom is 0.176 e. The number of nitrogens with zero attached hydrogens (tertiary/aromatic N) is 1. The predicted molar refractivity (Wildman–Crippen MR) is 77.5 cm³/mol. The molecule has 7 heteroatoms. The van der Waals surface area contributed by atoms with Crippen LogP contribution in [0.15, 0.2) is 28.8 Å². The Morgan fingerprint density at radius 2 is 2.00 bits per heavy atom. The molecule has 18 heavy (non-hydrogen) atoms. The summed E-state index contributed by atoms with van der Waals surface area (Å²) >= 11 is 16.8. The van der Waals surface area contributed by atoms with Gasteiger partial charge >= 0.3 is 0 Å². The number of hydrogen-bond acceptors (Lipinski definition) is 3. The van der Waals surface area contributed by atoms with Crippen LogP contribution in [0.25, 0.3) is 0 Å². The third-order valence-corrected chi connectivity index (χ3v) is 2.99. The predicted octanol–water partition coefficient (Wildman–Crippen LogP) is 4.10. The second kappa shape index (κ2) is 5.56. The maximum atomic E-state index is 5.90. The zero-order valence-corrected chi connectivity index (χ0v) is 11.7. The summed E-state index contributed by atoms with van der Waals surface area (Å²) in [5, 5.41) is 11.0. The van der Waals surface area contributed by atoms with Crippen molar-refractivity contribution in [3.63, 3.8) is 0 Å². The van der Waals surface area contributed by atoms with Crippen molar-refractivity contribution >= 4 is 52.0 Å². The number of nitrogens with one attached hydrogen (secondary N) is 2. The molecule has 0 bridgehead atoms. The standard InChI is InChI=1S/C11H9Cl2N3OS/c1-6-4-10(16-17-6)15-11(18)14-7-2-3-8(12)9(13)5-7/h2-5H,1H3,(H2,14,15,16,18). The van der Waals surface area contributed by atoms with E-state index >= 15 is 0 Å². The molecular weight excluding hydrogens is 293 g/mol. The van der Waals surface area contributed by atoms with Crippen molar-refractivity contribution in [2.75, 3.05) is 10.6 Å². The number of aryl methyl sites for hydroxylation is 1. The molecule has 0 radical (unpaired) electrons. The van der Waals surface area contributed by atoms with Gasteiger partial charge in [-0.15, -0.1) is 0 Å². The van der Waals surface area contributed by atoms with Gasteiger partial charge in [0.1, 0.15) is 5.76 Å². The molecule has 0 atom stereocenters. The fourth-order valence-corrected chi connectivity index (χ4v) is 1.80. The Hall–Kier alpha value is -1.30. The zero-order valence-electron chi connectivity index (χ0n) is 9.33.